The number of nitrogens with zero attached hydrogens (tertiary/aromatic N) is 1. The van der Waals surface area contributed by atoms with Crippen LogP contribution in [0, 0.1) is 0 Å². The van der Waals surface area contributed by atoms with Crippen molar-refractivity contribution >= 4 is 23.1 Å². The van der Waals surface area contributed by atoms with E-state index in [1.807, 2.05) is 54.6 Å². The fraction of sp³-hybridized carbons (Fsp3) is 0.342. The molecule has 236 valence electrons. The largest absolute Gasteiger partial charge is 0.476 e. The SMILES string of the molecule is C=CCCCCCCCCCCNC(=O)Cc1ccc2c(c1)/C(=C(C(=O)OC)/C(=C(\O)OC)[n+]1ccccc1)c1ccccc1-2. The van der Waals surface area contributed by atoms with Crippen LogP contribution in [0.4, 0.5) is 0 Å². The smallest absolute Gasteiger partial charge is 0.353 e. The van der Waals surface area contributed by atoms with Crippen molar-refractivity contribution in [1.29, 1.82) is 0 Å². The zero-order valence-electron chi connectivity index (χ0n) is 26.5. The summed E-state index contributed by atoms with van der Waals surface area (Å²) in [5.74, 6) is -1.09. The molecule has 7 heteroatoms. The summed E-state index contributed by atoms with van der Waals surface area (Å²) in [5.41, 5.74) is 5.22. The summed E-state index contributed by atoms with van der Waals surface area (Å²) in [5, 5.41) is 14.0. The first kappa shape index (κ1) is 33.2. The van der Waals surface area contributed by atoms with E-state index in [2.05, 4.69) is 11.9 Å². The highest BCUT2D eigenvalue weighted by Gasteiger charge is 2.37. The number of rotatable bonds is 17. The number of esters is 1. The molecular weight excluding hydrogens is 564 g/mol. The number of benzene rings is 2. The number of hydrogen-bond acceptors (Lipinski definition) is 5. The standard InChI is InChI=1S/C38H44N2O5/c1-4-5-6-7-8-9-10-11-12-16-23-39-33(41)27-28-21-22-30-29-19-14-15-20-31(29)34(32(30)26-28)35(37(42)44-2)36(38(43)45-3)40-24-17-13-18-25-40/h4,13-15,17-22,24-26H,1,5-12,16,23,27H2,2-3H3,(H-,39,41,43)/p+1/b35-34-,38-36-. The number of fused-ring (bicyclic) bond motifs is 3. The Balaban J connectivity index is 1.54. The summed E-state index contributed by atoms with van der Waals surface area (Å²) < 4.78 is 12.2. The molecular formula is C38H45N2O5+. The lowest BCUT2D eigenvalue weighted by molar-refractivity contribution is -0.581. The molecule has 2 aromatic carbocycles. The van der Waals surface area contributed by atoms with Crippen molar-refractivity contribution in [3.63, 3.8) is 0 Å². The fourth-order valence-electron chi connectivity index (χ4n) is 5.85. The van der Waals surface area contributed by atoms with Gasteiger partial charge in [-0.15, -0.1) is 6.58 Å². The molecule has 3 aromatic rings. The Hall–Kier alpha value is -4.65. The Morgan fingerprint density at radius 2 is 1.44 bits per heavy atom. The summed E-state index contributed by atoms with van der Waals surface area (Å²) in [6.07, 6.45) is 16.3. The number of carbonyl (C=O) groups excluding carboxylic acids is 2. The number of pyridine rings is 1. The summed E-state index contributed by atoms with van der Waals surface area (Å²) in [4.78, 5) is 26.5. The van der Waals surface area contributed by atoms with Crippen LogP contribution < -0.4 is 9.88 Å². The quantitative estimate of drug-likeness (QED) is 0.0327. The van der Waals surface area contributed by atoms with Gasteiger partial charge in [-0.05, 0) is 53.1 Å². The van der Waals surface area contributed by atoms with Crippen molar-refractivity contribution < 1.29 is 28.7 Å². The molecule has 0 bridgehead atoms. The van der Waals surface area contributed by atoms with Crippen molar-refractivity contribution in [2.75, 3.05) is 20.8 Å². The highest BCUT2D eigenvalue weighted by molar-refractivity contribution is 6.16. The molecule has 1 amide bonds. The van der Waals surface area contributed by atoms with Crippen LogP contribution in [0.3, 0.4) is 0 Å². The second-order valence-corrected chi connectivity index (χ2v) is 11.2. The number of methoxy groups -OCH3 is 2. The van der Waals surface area contributed by atoms with E-state index in [0.29, 0.717) is 12.1 Å². The monoisotopic (exact) mass is 609 g/mol. The average Bonchev–Trinajstić information content (AvgIpc) is 3.38. The molecule has 1 aliphatic carbocycles. The molecule has 7 nitrogen and oxygen atoms in total. The normalized spacial score (nSPS) is 13.3. The van der Waals surface area contributed by atoms with Crippen LogP contribution in [0.25, 0.3) is 22.4 Å². The number of allylic oxidation sites excluding steroid dienone is 1. The summed E-state index contributed by atoms with van der Waals surface area (Å²) in [6.45, 7) is 4.43. The van der Waals surface area contributed by atoms with Gasteiger partial charge in [0, 0.05) is 24.3 Å². The molecule has 0 aliphatic heterocycles. The lowest BCUT2D eigenvalue weighted by Crippen LogP contribution is -2.36. The molecule has 0 saturated heterocycles. The lowest BCUT2D eigenvalue weighted by atomic mass is 9.94. The van der Waals surface area contributed by atoms with Gasteiger partial charge in [0.1, 0.15) is 5.57 Å². The maximum absolute atomic E-state index is 13.5. The molecule has 0 saturated carbocycles. The molecule has 0 fully saturated rings. The van der Waals surface area contributed by atoms with Gasteiger partial charge in [0.05, 0.1) is 20.6 Å². The second kappa shape index (κ2) is 17.0. The Bertz CT molecular complexity index is 1540. The van der Waals surface area contributed by atoms with Crippen LogP contribution in [0.2, 0.25) is 0 Å². The predicted molar refractivity (Wildman–Crippen MR) is 178 cm³/mol. The van der Waals surface area contributed by atoms with Crippen LogP contribution in [0.5, 0.6) is 0 Å². The van der Waals surface area contributed by atoms with Gasteiger partial charge in [-0.1, -0.05) is 87.1 Å². The van der Waals surface area contributed by atoms with Crippen molar-refractivity contribution in [1.82, 2.24) is 5.32 Å². The lowest BCUT2D eigenvalue weighted by Gasteiger charge is -2.13. The van der Waals surface area contributed by atoms with Gasteiger partial charge in [0.25, 0.3) is 0 Å². The number of aliphatic hydroxyl groups is 1. The Kier molecular flexibility index (Phi) is 12.6. The summed E-state index contributed by atoms with van der Waals surface area (Å²) in [7, 11) is 2.66. The third-order valence-electron chi connectivity index (χ3n) is 8.11. The van der Waals surface area contributed by atoms with Gasteiger partial charge in [-0.25, -0.2) is 4.79 Å². The van der Waals surface area contributed by atoms with E-state index >= 15 is 0 Å². The van der Waals surface area contributed by atoms with Crippen LogP contribution >= 0.6 is 0 Å². The second-order valence-electron chi connectivity index (χ2n) is 11.2. The van der Waals surface area contributed by atoms with Crippen LogP contribution in [-0.4, -0.2) is 37.7 Å². The molecule has 0 spiro atoms. The number of aliphatic hydroxyl groups excluding tert-OH is 1. The number of ether oxygens (including phenoxy) is 2. The number of hydrogen-bond donors (Lipinski definition) is 2. The molecule has 0 radical (unpaired) electrons. The molecule has 0 atom stereocenters. The number of nitrogens with one attached hydrogen (secondary N) is 1. The van der Waals surface area contributed by atoms with E-state index in [0.717, 1.165) is 47.1 Å². The van der Waals surface area contributed by atoms with Crippen molar-refractivity contribution in [3.05, 3.63) is 114 Å². The van der Waals surface area contributed by atoms with E-state index in [-0.39, 0.29) is 23.6 Å². The van der Waals surface area contributed by atoms with E-state index < -0.39 is 11.9 Å². The number of carbonyl (C=O) groups is 2. The first-order valence-electron chi connectivity index (χ1n) is 15.9. The highest BCUT2D eigenvalue weighted by Crippen LogP contribution is 2.47. The minimum Gasteiger partial charge on any atom is -0.476 e. The van der Waals surface area contributed by atoms with Gasteiger partial charge in [-0.3, -0.25) is 4.79 Å². The van der Waals surface area contributed by atoms with Crippen LogP contribution in [0.15, 0.2) is 97.2 Å². The van der Waals surface area contributed by atoms with E-state index in [1.54, 1.807) is 29.1 Å². The molecule has 1 aliphatic rings. The van der Waals surface area contributed by atoms with Crippen molar-refractivity contribution in [2.24, 2.45) is 0 Å². The highest BCUT2D eigenvalue weighted by atomic mass is 16.6. The summed E-state index contributed by atoms with van der Waals surface area (Å²) >= 11 is 0. The maximum Gasteiger partial charge on any atom is 0.353 e. The molecule has 2 N–H and O–H groups in total. The minimum absolute atomic E-state index is 0.0381. The van der Waals surface area contributed by atoms with Crippen molar-refractivity contribution in [3.8, 4) is 11.1 Å². The number of unbranched alkanes of at least 4 members (excludes halogenated alkanes) is 8. The van der Waals surface area contributed by atoms with Gasteiger partial charge in [0.2, 0.25) is 5.91 Å². The predicted octanol–water partition coefficient (Wildman–Crippen LogP) is 7.32. The molecule has 1 aromatic heterocycles. The van der Waals surface area contributed by atoms with E-state index in [9.17, 15) is 14.7 Å². The third kappa shape index (κ3) is 8.50. The van der Waals surface area contributed by atoms with Gasteiger partial charge in [0.15, 0.2) is 12.4 Å². The zero-order chi connectivity index (χ0) is 32.0. The maximum atomic E-state index is 13.5. The fourth-order valence-corrected chi connectivity index (χ4v) is 5.85. The Morgan fingerprint density at radius 3 is 2.11 bits per heavy atom. The van der Waals surface area contributed by atoms with E-state index in [1.165, 1.54) is 52.7 Å². The van der Waals surface area contributed by atoms with Crippen LogP contribution in [0.1, 0.15) is 74.5 Å². The molecule has 0 unspecified atom stereocenters. The topological polar surface area (TPSA) is 88.7 Å². The van der Waals surface area contributed by atoms with Crippen molar-refractivity contribution in [2.45, 2.75) is 64.2 Å². The molecule has 4 rings (SSSR count). The number of aromatic nitrogens is 1. The van der Waals surface area contributed by atoms with E-state index in [4.69, 9.17) is 9.47 Å². The third-order valence-corrected chi connectivity index (χ3v) is 8.11. The average molecular weight is 610 g/mol. The van der Waals surface area contributed by atoms with Gasteiger partial charge in [-0.2, -0.15) is 4.57 Å². The molecule has 1 heterocycles. The Labute approximate surface area is 266 Å². The van der Waals surface area contributed by atoms with Gasteiger partial charge < -0.3 is 19.9 Å². The first-order chi connectivity index (χ1) is 22.0. The van der Waals surface area contributed by atoms with Gasteiger partial charge >= 0.3 is 17.6 Å². The first-order valence-corrected chi connectivity index (χ1v) is 15.9. The summed E-state index contributed by atoms with van der Waals surface area (Å²) in [6, 6.07) is 19.1. The minimum atomic E-state index is -0.626. The van der Waals surface area contributed by atoms with Crippen LogP contribution in [-0.2, 0) is 25.5 Å². The Morgan fingerprint density at radius 1 is 0.800 bits per heavy atom. The zero-order valence-corrected chi connectivity index (χ0v) is 26.5. The number of amides is 1. The molecule has 45 heavy (non-hydrogen) atoms.